The molecule has 11 aromatic carbocycles. The van der Waals surface area contributed by atoms with Gasteiger partial charge in [0.25, 0.3) is 0 Å². The van der Waals surface area contributed by atoms with Crippen LogP contribution in [0, 0.1) is 17.9 Å². The maximum absolute atomic E-state index is 11.9. The predicted octanol–water partition coefficient (Wildman–Crippen LogP) is 19.1. The second-order valence-corrected chi connectivity index (χ2v) is 23.0. The lowest BCUT2D eigenvalue weighted by Gasteiger charge is -2.22. The van der Waals surface area contributed by atoms with Gasteiger partial charge in [0.2, 0.25) is 5.69 Å². The van der Waals surface area contributed by atoms with E-state index < -0.39 is 0 Å². The van der Waals surface area contributed by atoms with Gasteiger partial charge in [0.05, 0.1) is 79.0 Å². The van der Waals surface area contributed by atoms with Crippen molar-refractivity contribution in [3.05, 3.63) is 258 Å². The lowest BCUT2D eigenvalue weighted by molar-refractivity contribution is 0.661. The summed E-state index contributed by atoms with van der Waals surface area (Å²) >= 11 is 0. The first-order chi connectivity index (χ1) is 39.1. The van der Waals surface area contributed by atoms with Crippen molar-refractivity contribution in [1.29, 1.82) is 5.26 Å². The first-order valence-electron chi connectivity index (χ1n) is 27.5. The molecule has 15 aromatic rings. The number of hydrogen-bond acceptors (Lipinski definition) is 1. The van der Waals surface area contributed by atoms with Gasteiger partial charge in [0.1, 0.15) is 6.07 Å². The molecule has 0 unspecified atom stereocenters. The first-order valence-corrected chi connectivity index (χ1v) is 27.5. The standard InChI is InChI=1S/C74H48N6/c1-73(2)56-28-12-6-20-44(56)52-37-54-50-26-18-34-65(77-61-30-14-8-22-46(61)47-23-9-15-31-62(47)77)71(50)79(68(54)39-58(52)73)67-41-60(76-5)70(36-43(67)42-75)80-69-40-59-53(45-21-7-13-29-57(45)74(59,3)4)38-55(69)51-27-19-35-66(72(51)80)78-63-32-16-10-24-48(63)49-25-11-17-33-64(49)78/h6-41H,1-4H3. The van der Waals surface area contributed by atoms with Crippen LogP contribution in [0.3, 0.4) is 0 Å². The van der Waals surface area contributed by atoms with Crippen LogP contribution in [-0.4, -0.2) is 18.3 Å². The van der Waals surface area contributed by atoms with Crippen LogP contribution >= 0.6 is 0 Å². The van der Waals surface area contributed by atoms with Crippen LogP contribution in [0.2, 0.25) is 0 Å². The van der Waals surface area contributed by atoms with Crippen LogP contribution in [0.1, 0.15) is 55.5 Å². The molecule has 0 bridgehead atoms. The maximum atomic E-state index is 11.9. The average molecular weight is 1020 g/mol. The van der Waals surface area contributed by atoms with E-state index in [-0.39, 0.29) is 10.8 Å². The Morgan fingerprint density at radius 1 is 0.338 bits per heavy atom. The SMILES string of the molecule is [C-]#[N+]c1cc(-n2c3cc4c(cc3c3cccc(-n5c6ccccc6c6ccccc65)c32)-c2ccccc2C4(C)C)c(C#N)cc1-n1c2cc3c(cc2c2cccc(-n4c5ccccc5c5ccccc54)c21)-c1ccccc1C3(C)C. The Labute approximate surface area is 461 Å². The fraction of sp³-hybridized carbons (Fsp3) is 0.0811. The molecular formula is C74H48N6. The fourth-order valence-corrected chi connectivity index (χ4v) is 14.8. The fourth-order valence-electron chi connectivity index (χ4n) is 14.8. The highest BCUT2D eigenvalue weighted by molar-refractivity contribution is 6.19. The van der Waals surface area contributed by atoms with E-state index in [0.29, 0.717) is 22.6 Å². The van der Waals surface area contributed by atoms with E-state index in [1.165, 1.54) is 66.1 Å². The van der Waals surface area contributed by atoms with Crippen LogP contribution in [0.25, 0.3) is 137 Å². The van der Waals surface area contributed by atoms with Gasteiger partial charge in [-0.15, -0.1) is 0 Å². The minimum Gasteiger partial charge on any atom is -0.317 e. The van der Waals surface area contributed by atoms with Crippen molar-refractivity contribution >= 4 is 92.9 Å². The minimum absolute atomic E-state index is 0.290. The summed E-state index contributed by atoms with van der Waals surface area (Å²) in [6.07, 6.45) is 0. The zero-order valence-electron chi connectivity index (χ0n) is 44.5. The minimum atomic E-state index is -0.290. The Kier molecular flexibility index (Phi) is 8.74. The van der Waals surface area contributed by atoms with E-state index in [1.807, 2.05) is 12.1 Å². The number of para-hydroxylation sites is 6. The van der Waals surface area contributed by atoms with E-state index in [4.69, 9.17) is 0 Å². The molecular weight excluding hydrogens is 973 g/mol. The molecule has 0 aliphatic heterocycles. The number of nitrogens with zero attached hydrogens (tertiary/aromatic N) is 6. The molecule has 4 aromatic heterocycles. The molecule has 0 saturated carbocycles. The highest BCUT2D eigenvalue weighted by atomic mass is 15.1. The molecule has 0 atom stereocenters. The number of aromatic nitrogens is 4. The molecule has 0 amide bonds. The lowest BCUT2D eigenvalue weighted by atomic mass is 9.82. The second-order valence-electron chi connectivity index (χ2n) is 23.0. The molecule has 2 aliphatic carbocycles. The molecule has 374 valence electrons. The van der Waals surface area contributed by atoms with Crippen molar-refractivity contribution in [2.75, 3.05) is 0 Å². The smallest absolute Gasteiger partial charge is 0.212 e. The number of benzene rings is 11. The van der Waals surface area contributed by atoms with E-state index in [0.717, 1.165) is 77.1 Å². The average Bonchev–Trinajstić information content (AvgIpc) is 4.39. The van der Waals surface area contributed by atoms with Gasteiger partial charge in [-0.1, -0.05) is 173 Å². The van der Waals surface area contributed by atoms with Gasteiger partial charge >= 0.3 is 0 Å². The van der Waals surface area contributed by atoms with Crippen LogP contribution in [0.15, 0.2) is 218 Å². The van der Waals surface area contributed by atoms with Crippen molar-refractivity contribution in [3.63, 3.8) is 0 Å². The molecule has 6 heteroatoms. The van der Waals surface area contributed by atoms with Gasteiger partial charge in [-0.2, -0.15) is 5.26 Å². The van der Waals surface area contributed by atoms with E-state index in [9.17, 15) is 11.8 Å². The van der Waals surface area contributed by atoms with E-state index in [1.54, 1.807) is 0 Å². The van der Waals surface area contributed by atoms with Gasteiger partial charge in [-0.25, -0.2) is 4.85 Å². The Morgan fingerprint density at radius 3 is 1.15 bits per heavy atom. The zero-order chi connectivity index (χ0) is 53.5. The van der Waals surface area contributed by atoms with Gasteiger partial charge in [-0.3, -0.25) is 0 Å². The topological polar surface area (TPSA) is 47.9 Å². The third kappa shape index (κ3) is 5.59. The molecule has 0 fully saturated rings. The summed E-state index contributed by atoms with van der Waals surface area (Å²) in [5, 5.41) is 20.9. The molecule has 80 heavy (non-hydrogen) atoms. The number of fused-ring (bicyclic) bond motifs is 18. The zero-order valence-corrected chi connectivity index (χ0v) is 44.5. The summed E-state index contributed by atoms with van der Waals surface area (Å²) in [6.45, 7) is 18.6. The summed E-state index contributed by atoms with van der Waals surface area (Å²) in [6, 6.07) is 81.7. The molecule has 0 N–H and O–H groups in total. The predicted molar refractivity (Wildman–Crippen MR) is 330 cm³/mol. The summed E-state index contributed by atoms with van der Waals surface area (Å²) in [5.74, 6) is 0. The van der Waals surface area contributed by atoms with Crippen molar-refractivity contribution < 1.29 is 0 Å². The Morgan fingerprint density at radius 2 is 0.725 bits per heavy atom. The molecule has 6 nitrogen and oxygen atoms in total. The first kappa shape index (κ1) is 44.7. The summed E-state index contributed by atoms with van der Waals surface area (Å²) in [5.41, 5.74) is 21.9. The summed E-state index contributed by atoms with van der Waals surface area (Å²) in [4.78, 5) is 4.53. The van der Waals surface area contributed by atoms with Crippen LogP contribution in [-0.2, 0) is 10.8 Å². The quantitative estimate of drug-likeness (QED) is 0.162. The second kappa shape index (κ2) is 15.6. The third-order valence-corrected chi connectivity index (χ3v) is 18.4. The number of hydrogen-bond donors (Lipinski definition) is 0. The Bertz CT molecular complexity index is 4960. The largest absolute Gasteiger partial charge is 0.317 e. The maximum Gasteiger partial charge on any atom is 0.212 e. The molecule has 0 saturated heterocycles. The van der Waals surface area contributed by atoms with Crippen LogP contribution in [0.4, 0.5) is 5.69 Å². The van der Waals surface area contributed by atoms with Crippen molar-refractivity contribution in [1.82, 2.24) is 18.3 Å². The molecule has 4 heterocycles. The number of rotatable bonds is 4. The normalized spacial score (nSPS) is 13.9. The van der Waals surface area contributed by atoms with Crippen molar-refractivity contribution in [2.45, 2.75) is 38.5 Å². The Hall–Kier alpha value is -10.4. The lowest BCUT2D eigenvalue weighted by Crippen LogP contribution is -2.15. The summed E-state index contributed by atoms with van der Waals surface area (Å²) in [7, 11) is 0. The molecule has 2 aliphatic rings. The van der Waals surface area contributed by atoms with Gasteiger partial charge in [-0.05, 0) is 117 Å². The Balaban J connectivity index is 1.01. The third-order valence-electron chi connectivity index (χ3n) is 18.4. The monoisotopic (exact) mass is 1020 g/mol. The van der Waals surface area contributed by atoms with E-state index in [2.05, 4.69) is 263 Å². The molecule has 0 radical (unpaired) electrons. The molecule has 0 spiro atoms. The van der Waals surface area contributed by atoms with E-state index >= 15 is 0 Å². The van der Waals surface area contributed by atoms with Crippen LogP contribution in [0.5, 0.6) is 0 Å². The summed E-state index contributed by atoms with van der Waals surface area (Å²) < 4.78 is 9.39. The van der Waals surface area contributed by atoms with Crippen molar-refractivity contribution in [3.8, 4) is 51.1 Å². The molecule has 17 rings (SSSR count). The highest BCUT2D eigenvalue weighted by Crippen LogP contribution is 2.54. The highest BCUT2D eigenvalue weighted by Gasteiger charge is 2.39. The van der Waals surface area contributed by atoms with Crippen LogP contribution < -0.4 is 0 Å². The number of nitriles is 1. The van der Waals surface area contributed by atoms with Gasteiger partial charge < -0.3 is 18.3 Å². The van der Waals surface area contributed by atoms with Gasteiger partial charge in [0.15, 0.2) is 0 Å². The van der Waals surface area contributed by atoms with Crippen molar-refractivity contribution in [2.24, 2.45) is 0 Å². The van der Waals surface area contributed by atoms with Gasteiger partial charge in [0, 0.05) is 53.9 Å².